The van der Waals surface area contributed by atoms with Crippen molar-refractivity contribution in [3.63, 3.8) is 0 Å². The smallest absolute Gasteiger partial charge is 0.240 e. The molecule has 114 valence electrons. The highest BCUT2D eigenvalue weighted by Gasteiger charge is 2.14. The van der Waals surface area contributed by atoms with Gasteiger partial charge in [-0.25, -0.2) is 13.1 Å². The molecule has 1 rings (SSSR count). The first-order valence-corrected chi connectivity index (χ1v) is 8.51. The van der Waals surface area contributed by atoms with E-state index in [4.69, 9.17) is 0 Å². The van der Waals surface area contributed by atoms with Gasteiger partial charge in [0.2, 0.25) is 10.0 Å². The summed E-state index contributed by atoms with van der Waals surface area (Å²) < 4.78 is 26.5. The summed E-state index contributed by atoms with van der Waals surface area (Å²) in [6.07, 6.45) is 1.03. The molecule has 0 atom stereocenters. The van der Waals surface area contributed by atoms with Gasteiger partial charge >= 0.3 is 0 Å². The van der Waals surface area contributed by atoms with Crippen LogP contribution in [0.2, 0.25) is 0 Å². The van der Waals surface area contributed by atoms with Gasteiger partial charge in [0.1, 0.15) is 0 Å². The maximum atomic E-state index is 11.9. The van der Waals surface area contributed by atoms with Gasteiger partial charge in [-0.2, -0.15) is 0 Å². The quantitative estimate of drug-likeness (QED) is 0.608. The summed E-state index contributed by atoms with van der Waals surface area (Å²) >= 11 is 0. The molecule has 0 radical (unpaired) electrons. The fourth-order valence-corrected chi connectivity index (χ4v) is 3.00. The first-order chi connectivity index (χ1) is 9.45. The monoisotopic (exact) mass is 299 g/mol. The van der Waals surface area contributed by atoms with Crippen molar-refractivity contribution in [3.05, 3.63) is 24.3 Å². The van der Waals surface area contributed by atoms with E-state index in [0.29, 0.717) is 4.90 Å². The Morgan fingerprint density at radius 2 is 1.75 bits per heavy atom. The van der Waals surface area contributed by atoms with Gasteiger partial charge in [0, 0.05) is 18.3 Å². The molecule has 0 unspecified atom stereocenters. The molecular weight excluding hydrogens is 274 g/mol. The molecule has 0 aliphatic heterocycles. The van der Waals surface area contributed by atoms with Gasteiger partial charge in [-0.3, -0.25) is 0 Å². The maximum absolute atomic E-state index is 11.9. The van der Waals surface area contributed by atoms with E-state index in [9.17, 15) is 8.42 Å². The highest BCUT2D eigenvalue weighted by molar-refractivity contribution is 7.89. The van der Waals surface area contributed by atoms with E-state index in [-0.39, 0.29) is 6.04 Å². The topological polar surface area (TPSA) is 70.2 Å². The van der Waals surface area contributed by atoms with Crippen LogP contribution in [0, 0.1) is 0 Å². The average Bonchev–Trinajstić information content (AvgIpc) is 2.37. The Balaban J connectivity index is 2.52. The van der Waals surface area contributed by atoms with Crippen LogP contribution in [0.15, 0.2) is 29.2 Å². The zero-order valence-electron chi connectivity index (χ0n) is 12.4. The molecule has 0 saturated carbocycles. The lowest BCUT2D eigenvalue weighted by molar-refractivity contribution is 0.570. The van der Waals surface area contributed by atoms with Crippen molar-refractivity contribution in [1.29, 1.82) is 0 Å². The van der Waals surface area contributed by atoms with Crippen molar-refractivity contribution >= 4 is 15.7 Å². The minimum atomic E-state index is -3.40. The van der Waals surface area contributed by atoms with Gasteiger partial charge in [0.15, 0.2) is 0 Å². The van der Waals surface area contributed by atoms with Crippen LogP contribution >= 0.6 is 0 Å². The SMILES string of the molecule is CCNCCCNc1ccc(S(=O)(=O)NC(C)C)cc1. The molecule has 5 nitrogen and oxygen atoms in total. The Hall–Kier alpha value is -1.11. The second kappa shape index (κ2) is 8.24. The zero-order valence-corrected chi connectivity index (χ0v) is 13.3. The molecule has 3 N–H and O–H groups in total. The highest BCUT2D eigenvalue weighted by atomic mass is 32.2. The number of rotatable bonds is 9. The standard InChI is InChI=1S/C14H25N3O2S/c1-4-15-10-5-11-16-13-6-8-14(9-7-13)20(18,19)17-12(2)3/h6-9,12,15-17H,4-5,10-11H2,1-3H3. The number of sulfonamides is 1. The molecule has 6 heteroatoms. The van der Waals surface area contributed by atoms with Gasteiger partial charge < -0.3 is 10.6 Å². The number of anilines is 1. The molecule has 0 amide bonds. The summed E-state index contributed by atoms with van der Waals surface area (Å²) in [5.41, 5.74) is 0.935. The van der Waals surface area contributed by atoms with Crippen LogP contribution < -0.4 is 15.4 Å². The molecule has 0 spiro atoms. The van der Waals surface area contributed by atoms with Gasteiger partial charge in [-0.1, -0.05) is 6.92 Å². The largest absolute Gasteiger partial charge is 0.385 e. The molecule has 1 aromatic carbocycles. The van der Waals surface area contributed by atoms with E-state index in [1.165, 1.54) is 0 Å². The van der Waals surface area contributed by atoms with E-state index in [0.717, 1.165) is 31.7 Å². The molecule has 0 aliphatic rings. The summed E-state index contributed by atoms with van der Waals surface area (Å²) in [7, 11) is -3.40. The molecule has 1 aromatic rings. The van der Waals surface area contributed by atoms with Crippen LogP contribution in [0.4, 0.5) is 5.69 Å². The van der Waals surface area contributed by atoms with Gasteiger partial charge in [-0.05, 0) is 57.6 Å². The highest BCUT2D eigenvalue weighted by Crippen LogP contribution is 2.14. The van der Waals surface area contributed by atoms with Crippen molar-refractivity contribution < 1.29 is 8.42 Å². The van der Waals surface area contributed by atoms with Crippen LogP contribution in [0.3, 0.4) is 0 Å². The van der Waals surface area contributed by atoms with Gasteiger partial charge in [0.25, 0.3) is 0 Å². The Morgan fingerprint density at radius 3 is 2.30 bits per heavy atom. The van der Waals surface area contributed by atoms with E-state index in [1.807, 2.05) is 0 Å². The third-order valence-electron chi connectivity index (χ3n) is 2.66. The van der Waals surface area contributed by atoms with Crippen molar-refractivity contribution in [1.82, 2.24) is 10.0 Å². The lowest BCUT2D eigenvalue weighted by Gasteiger charge is -2.11. The van der Waals surface area contributed by atoms with Gasteiger partial charge in [-0.15, -0.1) is 0 Å². The van der Waals surface area contributed by atoms with Crippen molar-refractivity contribution in [3.8, 4) is 0 Å². The Morgan fingerprint density at radius 1 is 1.10 bits per heavy atom. The Labute approximate surface area is 122 Å². The molecule has 0 aliphatic carbocycles. The van der Waals surface area contributed by atoms with Crippen molar-refractivity contribution in [2.75, 3.05) is 25.0 Å². The molecule has 0 fully saturated rings. The molecule has 0 heterocycles. The summed E-state index contributed by atoms with van der Waals surface area (Å²) in [5, 5.41) is 6.52. The summed E-state index contributed by atoms with van der Waals surface area (Å²) in [5.74, 6) is 0. The number of hydrogen-bond donors (Lipinski definition) is 3. The van der Waals surface area contributed by atoms with Crippen LogP contribution in [0.25, 0.3) is 0 Å². The normalized spacial score (nSPS) is 11.8. The van der Waals surface area contributed by atoms with Crippen molar-refractivity contribution in [2.45, 2.75) is 38.1 Å². The maximum Gasteiger partial charge on any atom is 0.240 e. The third kappa shape index (κ3) is 5.90. The first-order valence-electron chi connectivity index (χ1n) is 7.02. The second-order valence-corrected chi connectivity index (χ2v) is 6.65. The van der Waals surface area contributed by atoms with E-state index >= 15 is 0 Å². The molecule has 0 saturated heterocycles. The predicted octanol–water partition coefficient (Wildman–Crippen LogP) is 1.78. The lowest BCUT2D eigenvalue weighted by Crippen LogP contribution is -2.30. The molecule has 0 aromatic heterocycles. The first kappa shape index (κ1) is 16.9. The Bertz CT molecular complexity index is 484. The fraction of sp³-hybridized carbons (Fsp3) is 0.571. The summed E-state index contributed by atoms with van der Waals surface area (Å²) in [4.78, 5) is 0.296. The van der Waals surface area contributed by atoms with Gasteiger partial charge in [0.05, 0.1) is 4.90 Å². The third-order valence-corrected chi connectivity index (χ3v) is 4.34. The molecular formula is C14H25N3O2S. The minimum Gasteiger partial charge on any atom is -0.385 e. The van der Waals surface area contributed by atoms with Crippen molar-refractivity contribution in [2.24, 2.45) is 0 Å². The average molecular weight is 299 g/mol. The number of hydrogen-bond acceptors (Lipinski definition) is 4. The van der Waals surface area contributed by atoms with E-state index in [2.05, 4.69) is 22.3 Å². The van der Waals surface area contributed by atoms with E-state index in [1.54, 1.807) is 38.1 Å². The molecule has 0 bridgehead atoms. The Kier molecular flexibility index (Phi) is 6.98. The predicted molar refractivity (Wildman–Crippen MR) is 83.5 cm³/mol. The minimum absolute atomic E-state index is 0.108. The van der Waals surface area contributed by atoms with Crippen LogP contribution in [-0.4, -0.2) is 34.1 Å². The number of benzene rings is 1. The lowest BCUT2D eigenvalue weighted by atomic mass is 10.3. The van der Waals surface area contributed by atoms with Crippen LogP contribution in [0.1, 0.15) is 27.2 Å². The molecule has 20 heavy (non-hydrogen) atoms. The summed E-state index contributed by atoms with van der Waals surface area (Å²) in [6.45, 7) is 8.51. The number of nitrogens with one attached hydrogen (secondary N) is 3. The fourth-order valence-electron chi connectivity index (χ4n) is 1.75. The van der Waals surface area contributed by atoms with E-state index < -0.39 is 10.0 Å². The van der Waals surface area contributed by atoms with Crippen LogP contribution in [0.5, 0.6) is 0 Å². The zero-order chi connectivity index (χ0) is 15.0. The van der Waals surface area contributed by atoms with Crippen LogP contribution in [-0.2, 0) is 10.0 Å². The second-order valence-electron chi connectivity index (χ2n) is 4.93. The summed E-state index contributed by atoms with van der Waals surface area (Å²) in [6, 6.07) is 6.72.